The van der Waals surface area contributed by atoms with Crippen LogP contribution in [0.5, 0.6) is 0 Å². The molecule has 3 heteroatoms. The highest BCUT2D eigenvalue weighted by Gasteiger charge is 2.53. The number of aryl methyl sites for hydroxylation is 1. The van der Waals surface area contributed by atoms with E-state index in [-0.39, 0.29) is 5.41 Å². The topological polar surface area (TPSA) is 46.2 Å². The lowest BCUT2D eigenvalue weighted by atomic mass is 9.54. The van der Waals surface area contributed by atoms with Crippen LogP contribution in [-0.2, 0) is 12.8 Å². The standard InChI is InChI=1S/C15H20BrNO/c16-13-3-2-12-9-15(18,7-4-11(12)8-13)14(10-17)5-1-6-14/h2-3,8,18H,1,4-7,9-10,17H2. The molecular weight excluding hydrogens is 290 g/mol. The van der Waals surface area contributed by atoms with Gasteiger partial charge in [0.05, 0.1) is 5.60 Å². The van der Waals surface area contributed by atoms with Gasteiger partial charge in [-0.3, -0.25) is 0 Å². The van der Waals surface area contributed by atoms with E-state index in [0.717, 1.165) is 36.6 Å². The Morgan fingerprint density at radius 1 is 1.22 bits per heavy atom. The second-order valence-corrected chi connectivity index (χ2v) is 6.88. The summed E-state index contributed by atoms with van der Waals surface area (Å²) in [5.74, 6) is 0. The molecule has 1 aromatic carbocycles. The first kappa shape index (κ1) is 12.6. The van der Waals surface area contributed by atoms with Crippen molar-refractivity contribution in [2.45, 2.75) is 44.1 Å². The first-order valence-electron chi connectivity index (χ1n) is 6.78. The Labute approximate surface area is 117 Å². The number of hydrogen-bond acceptors (Lipinski definition) is 2. The van der Waals surface area contributed by atoms with Crippen LogP contribution in [0.3, 0.4) is 0 Å². The molecule has 1 unspecified atom stereocenters. The van der Waals surface area contributed by atoms with Crippen LogP contribution in [-0.4, -0.2) is 17.3 Å². The smallest absolute Gasteiger partial charge is 0.0759 e. The highest BCUT2D eigenvalue weighted by atomic mass is 79.9. The Hall–Kier alpha value is -0.380. The predicted octanol–water partition coefficient (Wildman–Crippen LogP) is 2.80. The van der Waals surface area contributed by atoms with Gasteiger partial charge in [-0.2, -0.15) is 0 Å². The summed E-state index contributed by atoms with van der Waals surface area (Å²) in [6.07, 6.45) is 5.98. The Morgan fingerprint density at radius 3 is 2.61 bits per heavy atom. The molecule has 1 saturated carbocycles. The molecule has 3 rings (SSSR count). The summed E-state index contributed by atoms with van der Waals surface area (Å²) < 4.78 is 1.13. The van der Waals surface area contributed by atoms with E-state index < -0.39 is 5.60 Å². The number of fused-ring (bicyclic) bond motifs is 1. The lowest BCUT2D eigenvalue weighted by Gasteiger charge is -2.54. The van der Waals surface area contributed by atoms with Crippen molar-refractivity contribution in [3.63, 3.8) is 0 Å². The summed E-state index contributed by atoms with van der Waals surface area (Å²) in [6.45, 7) is 0.620. The van der Waals surface area contributed by atoms with E-state index in [1.807, 2.05) is 0 Å². The van der Waals surface area contributed by atoms with Crippen LogP contribution in [0.25, 0.3) is 0 Å². The minimum atomic E-state index is -0.583. The zero-order chi connectivity index (χ0) is 12.8. The Balaban J connectivity index is 1.92. The summed E-state index contributed by atoms with van der Waals surface area (Å²) in [5.41, 5.74) is 8.04. The molecule has 2 aliphatic carbocycles. The van der Waals surface area contributed by atoms with Gasteiger partial charge in [0.1, 0.15) is 0 Å². The third kappa shape index (κ3) is 1.75. The lowest BCUT2D eigenvalue weighted by Crippen LogP contribution is -2.59. The number of halogens is 1. The van der Waals surface area contributed by atoms with E-state index in [4.69, 9.17) is 5.73 Å². The fourth-order valence-corrected chi connectivity index (χ4v) is 4.07. The van der Waals surface area contributed by atoms with Crippen molar-refractivity contribution < 1.29 is 5.11 Å². The van der Waals surface area contributed by atoms with Crippen LogP contribution in [0.1, 0.15) is 36.8 Å². The van der Waals surface area contributed by atoms with E-state index in [0.29, 0.717) is 6.54 Å². The summed E-state index contributed by atoms with van der Waals surface area (Å²) in [4.78, 5) is 0. The van der Waals surface area contributed by atoms with Gasteiger partial charge < -0.3 is 10.8 Å². The van der Waals surface area contributed by atoms with Crippen molar-refractivity contribution in [1.29, 1.82) is 0 Å². The first-order chi connectivity index (χ1) is 8.59. The fraction of sp³-hybridized carbons (Fsp3) is 0.600. The van der Waals surface area contributed by atoms with Crippen molar-refractivity contribution in [2.24, 2.45) is 11.1 Å². The third-order valence-corrected chi connectivity index (χ3v) is 5.64. The number of nitrogens with two attached hydrogens (primary N) is 1. The van der Waals surface area contributed by atoms with Gasteiger partial charge in [-0.25, -0.2) is 0 Å². The average Bonchev–Trinajstić information content (AvgIpc) is 2.29. The maximum absolute atomic E-state index is 11.1. The van der Waals surface area contributed by atoms with Gasteiger partial charge in [0.15, 0.2) is 0 Å². The molecule has 0 aromatic heterocycles. The molecule has 0 amide bonds. The molecule has 2 nitrogen and oxygen atoms in total. The van der Waals surface area contributed by atoms with Gasteiger partial charge in [0, 0.05) is 22.9 Å². The fourth-order valence-electron chi connectivity index (χ4n) is 3.66. The molecule has 1 fully saturated rings. The van der Waals surface area contributed by atoms with Gasteiger partial charge >= 0.3 is 0 Å². The molecule has 1 atom stereocenters. The molecule has 0 bridgehead atoms. The van der Waals surface area contributed by atoms with Gasteiger partial charge in [-0.1, -0.05) is 28.4 Å². The van der Waals surface area contributed by atoms with Crippen molar-refractivity contribution >= 4 is 15.9 Å². The summed E-state index contributed by atoms with van der Waals surface area (Å²) in [7, 11) is 0. The van der Waals surface area contributed by atoms with Crippen molar-refractivity contribution in [2.75, 3.05) is 6.54 Å². The highest BCUT2D eigenvalue weighted by Crippen LogP contribution is 2.53. The summed E-state index contributed by atoms with van der Waals surface area (Å²) >= 11 is 3.51. The molecule has 98 valence electrons. The van der Waals surface area contributed by atoms with Crippen molar-refractivity contribution in [3.05, 3.63) is 33.8 Å². The highest BCUT2D eigenvalue weighted by molar-refractivity contribution is 9.10. The van der Waals surface area contributed by atoms with Crippen molar-refractivity contribution in [1.82, 2.24) is 0 Å². The van der Waals surface area contributed by atoms with Crippen LogP contribution < -0.4 is 5.73 Å². The minimum absolute atomic E-state index is 0.0161. The number of hydrogen-bond donors (Lipinski definition) is 2. The van der Waals surface area contributed by atoms with E-state index >= 15 is 0 Å². The zero-order valence-electron chi connectivity index (χ0n) is 10.6. The largest absolute Gasteiger partial charge is 0.389 e. The molecular formula is C15H20BrNO. The molecule has 0 spiro atoms. The van der Waals surface area contributed by atoms with Gasteiger partial charge in [0.2, 0.25) is 0 Å². The van der Waals surface area contributed by atoms with Crippen LogP contribution >= 0.6 is 15.9 Å². The normalized spacial score (nSPS) is 29.5. The van der Waals surface area contributed by atoms with Crippen LogP contribution in [0, 0.1) is 5.41 Å². The minimum Gasteiger partial charge on any atom is -0.389 e. The van der Waals surface area contributed by atoms with E-state index in [1.54, 1.807) is 0 Å². The van der Waals surface area contributed by atoms with Crippen LogP contribution in [0.2, 0.25) is 0 Å². The van der Waals surface area contributed by atoms with E-state index in [9.17, 15) is 5.11 Å². The van der Waals surface area contributed by atoms with E-state index in [1.165, 1.54) is 17.5 Å². The second kappa shape index (κ2) is 4.32. The first-order valence-corrected chi connectivity index (χ1v) is 7.58. The van der Waals surface area contributed by atoms with Crippen LogP contribution in [0.15, 0.2) is 22.7 Å². The maximum Gasteiger partial charge on any atom is 0.0759 e. The predicted molar refractivity (Wildman–Crippen MR) is 76.5 cm³/mol. The van der Waals surface area contributed by atoms with Gasteiger partial charge in [-0.15, -0.1) is 0 Å². The molecule has 0 saturated heterocycles. The second-order valence-electron chi connectivity index (χ2n) is 5.96. The third-order valence-electron chi connectivity index (χ3n) is 5.15. The quantitative estimate of drug-likeness (QED) is 0.882. The van der Waals surface area contributed by atoms with Gasteiger partial charge in [0.25, 0.3) is 0 Å². The molecule has 18 heavy (non-hydrogen) atoms. The van der Waals surface area contributed by atoms with Gasteiger partial charge in [-0.05, 0) is 48.9 Å². The monoisotopic (exact) mass is 309 g/mol. The average molecular weight is 310 g/mol. The van der Waals surface area contributed by atoms with E-state index in [2.05, 4.69) is 34.1 Å². The lowest BCUT2D eigenvalue weighted by molar-refractivity contribution is -0.130. The maximum atomic E-state index is 11.1. The summed E-state index contributed by atoms with van der Waals surface area (Å²) in [5, 5.41) is 11.1. The SMILES string of the molecule is NCC1(C2(O)CCc3cc(Br)ccc3C2)CCC1. The van der Waals surface area contributed by atoms with Crippen LogP contribution in [0.4, 0.5) is 0 Å². The Kier molecular flexibility index (Phi) is 3.04. The zero-order valence-corrected chi connectivity index (χ0v) is 12.2. The number of rotatable bonds is 2. The summed E-state index contributed by atoms with van der Waals surface area (Å²) in [6, 6.07) is 6.40. The molecule has 2 aliphatic rings. The molecule has 1 aromatic rings. The van der Waals surface area contributed by atoms with Crippen molar-refractivity contribution in [3.8, 4) is 0 Å². The number of benzene rings is 1. The molecule has 0 aliphatic heterocycles. The molecule has 3 N–H and O–H groups in total. The molecule has 0 radical (unpaired) electrons. The Bertz CT molecular complexity index is 464. The molecule has 0 heterocycles. The Morgan fingerprint density at radius 2 is 2.00 bits per heavy atom. The number of aliphatic hydroxyl groups is 1.